The second-order valence-electron chi connectivity index (χ2n) is 12.6. The van der Waals surface area contributed by atoms with Crippen molar-refractivity contribution >= 4 is 39.3 Å². The number of nitrogens with zero attached hydrogens (tertiary/aromatic N) is 4. The molecule has 3 aromatic heterocycles. The molecule has 0 atom stereocenters. The average molecular weight is 760 g/mol. The van der Waals surface area contributed by atoms with Crippen LogP contribution in [0.4, 0.5) is 5.69 Å². The molecule has 0 bridgehead atoms. The van der Waals surface area contributed by atoms with Crippen LogP contribution in [0.3, 0.4) is 0 Å². The molecule has 6 rings (SSSR count). The molecule has 0 N–H and O–H groups in total. The maximum absolute atomic E-state index is 7.66. The van der Waals surface area contributed by atoms with Gasteiger partial charge in [-0.15, -0.1) is 51.9 Å². The monoisotopic (exact) mass is 759 g/mol. The molecule has 0 aliphatic rings. The fourth-order valence-electron chi connectivity index (χ4n) is 5.12. The fourth-order valence-corrected chi connectivity index (χ4v) is 5.98. The van der Waals surface area contributed by atoms with E-state index in [1.807, 2.05) is 36.5 Å². The van der Waals surface area contributed by atoms with Gasteiger partial charge in [0, 0.05) is 17.9 Å². The van der Waals surface area contributed by atoms with Crippen LogP contribution in [0.5, 0.6) is 0 Å². The summed E-state index contributed by atoms with van der Waals surface area (Å²) in [6, 6.07) is 32.0. The Kier molecular flexibility index (Phi) is 8.40. The predicted molar refractivity (Wildman–Crippen MR) is 174 cm³/mol. The molecule has 0 amide bonds. The van der Waals surface area contributed by atoms with Gasteiger partial charge >= 0.3 is 21.1 Å². The van der Waals surface area contributed by atoms with Gasteiger partial charge in [-0.05, 0) is 57.3 Å². The van der Waals surface area contributed by atoms with Crippen LogP contribution < -0.4 is 0 Å². The van der Waals surface area contributed by atoms with Gasteiger partial charge < -0.3 is 9.55 Å². The van der Waals surface area contributed by atoms with E-state index in [4.69, 9.17) is 11.6 Å². The van der Waals surface area contributed by atoms with Crippen LogP contribution in [0, 0.1) is 18.7 Å². The molecule has 6 aromatic rings. The van der Waals surface area contributed by atoms with Crippen LogP contribution in [-0.4, -0.2) is 14.5 Å². The zero-order chi connectivity index (χ0) is 29.6. The quantitative estimate of drug-likeness (QED) is 0.168. The molecule has 0 radical (unpaired) electrons. The summed E-state index contributed by atoms with van der Waals surface area (Å²) in [6.07, 6.45) is 3.66. The van der Waals surface area contributed by atoms with Gasteiger partial charge in [0.15, 0.2) is 0 Å². The summed E-state index contributed by atoms with van der Waals surface area (Å²) in [7, 11) is 0. The third-order valence-corrected chi connectivity index (χ3v) is 8.37. The molecule has 0 aliphatic heterocycles. The van der Waals surface area contributed by atoms with E-state index in [0.29, 0.717) is 5.69 Å². The Balaban J connectivity index is 0.00000368. The molecule has 0 fully saturated rings. The number of hydrogen-bond donors (Lipinski definition) is 0. The van der Waals surface area contributed by atoms with Crippen molar-refractivity contribution in [3.63, 3.8) is 0 Å². The van der Waals surface area contributed by atoms with Crippen LogP contribution in [0.1, 0.15) is 52.7 Å². The second-order valence-corrected chi connectivity index (χ2v) is 13.7. The van der Waals surface area contributed by atoms with Gasteiger partial charge in [0.1, 0.15) is 11.5 Å². The van der Waals surface area contributed by atoms with Crippen LogP contribution in [0.2, 0.25) is 0 Å². The smallest absolute Gasteiger partial charge is 0.319 e. The van der Waals surface area contributed by atoms with Crippen LogP contribution in [-0.2, 0) is 31.9 Å². The Morgan fingerprint density at radius 2 is 1.51 bits per heavy atom. The van der Waals surface area contributed by atoms with E-state index in [0.717, 1.165) is 43.3 Å². The van der Waals surface area contributed by atoms with E-state index in [1.165, 1.54) is 16.5 Å². The molecule has 0 unspecified atom stereocenters. The first-order valence-corrected chi connectivity index (χ1v) is 14.8. The minimum Gasteiger partial charge on any atom is -0.319 e. The number of benzene rings is 3. The number of aromatic nitrogens is 3. The normalized spacial score (nSPS) is 11.8. The van der Waals surface area contributed by atoms with E-state index in [1.54, 1.807) is 18.0 Å². The first-order chi connectivity index (χ1) is 20.0. The molecule has 43 heavy (non-hydrogen) atoms. The van der Waals surface area contributed by atoms with Crippen LogP contribution >= 0.6 is 11.8 Å². The summed E-state index contributed by atoms with van der Waals surface area (Å²) < 4.78 is 2.23. The van der Waals surface area contributed by atoms with Crippen molar-refractivity contribution in [1.29, 1.82) is 0 Å². The van der Waals surface area contributed by atoms with Crippen molar-refractivity contribution in [2.75, 3.05) is 0 Å². The number of rotatable bonds is 4. The van der Waals surface area contributed by atoms with E-state index in [9.17, 15) is 0 Å². The van der Waals surface area contributed by atoms with E-state index in [-0.39, 0.29) is 31.9 Å². The molecule has 6 heteroatoms. The summed E-state index contributed by atoms with van der Waals surface area (Å²) in [5.74, 6) is 0.878. The Morgan fingerprint density at radius 3 is 2.21 bits per heavy atom. The van der Waals surface area contributed by atoms with Gasteiger partial charge in [0.05, 0.1) is 6.57 Å². The van der Waals surface area contributed by atoms with Crippen LogP contribution in [0.15, 0.2) is 95.0 Å². The maximum atomic E-state index is 7.66. The van der Waals surface area contributed by atoms with Crippen molar-refractivity contribution in [2.45, 2.75) is 62.2 Å². The average Bonchev–Trinajstić information content (AvgIpc) is 3.29. The topological polar surface area (TPSA) is 35.1 Å². The Labute approximate surface area is 272 Å². The zero-order valence-corrected chi connectivity index (χ0v) is 28.2. The summed E-state index contributed by atoms with van der Waals surface area (Å²) in [5, 5.41) is 2.32. The minimum absolute atomic E-state index is 0. The van der Waals surface area contributed by atoms with Crippen molar-refractivity contribution < 1.29 is 21.1 Å². The molecule has 3 aromatic carbocycles. The fraction of sp³-hybridized carbons (Fsp3) is 0.216. The molecule has 4 nitrogen and oxygen atoms in total. The molecule has 0 saturated carbocycles. The predicted octanol–water partition coefficient (Wildman–Crippen LogP) is 10.1. The van der Waals surface area contributed by atoms with Crippen molar-refractivity contribution in [3.8, 4) is 17.1 Å². The van der Waals surface area contributed by atoms with E-state index in [2.05, 4.69) is 111 Å². The van der Waals surface area contributed by atoms with Gasteiger partial charge in [-0.3, -0.25) is 4.85 Å². The standard InChI is InChI=1S/C37H32N4S.Pt/c1-36(2,3)25-11-14-33-31(20-25)30-13-12-28(23-34(30)41(33)35-21-26(15-17-40-35)37(4,5)6)42-29-19-24(18-27(22-29)38-7)32-10-8-9-16-39-32;/h8-18,20-22H,1-6H3;/q-2;+2. The Bertz CT molecular complexity index is 1990. The van der Waals surface area contributed by atoms with Crippen LogP contribution in [0.25, 0.3) is 43.7 Å². The molecule has 0 saturated heterocycles. The molecule has 0 aliphatic carbocycles. The first kappa shape index (κ1) is 30.7. The molecule has 0 spiro atoms. The number of fused-ring (bicyclic) bond motifs is 3. The van der Waals surface area contributed by atoms with Crippen molar-refractivity contribution in [2.24, 2.45) is 0 Å². The summed E-state index contributed by atoms with van der Waals surface area (Å²) in [6.45, 7) is 21.1. The second kappa shape index (κ2) is 11.8. The minimum atomic E-state index is -0.00431. The molecule has 3 heterocycles. The Morgan fingerprint density at radius 1 is 0.744 bits per heavy atom. The Hall–Kier alpha value is -3.71. The van der Waals surface area contributed by atoms with Gasteiger partial charge in [0.2, 0.25) is 0 Å². The largest absolute Gasteiger partial charge is 2.00 e. The van der Waals surface area contributed by atoms with Gasteiger partial charge in [-0.25, -0.2) is 4.98 Å². The molecule has 216 valence electrons. The van der Waals surface area contributed by atoms with Crippen molar-refractivity contribution in [3.05, 3.63) is 120 Å². The molecular weight excluding hydrogens is 728 g/mol. The van der Waals surface area contributed by atoms with Crippen molar-refractivity contribution in [1.82, 2.24) is 14.5 Å². The van der Waals surface area contributed by atoms with Gasteiger partial charge in [-0.2, -0.15) is 12.1 Å². The van der Waals surface area contributed by atoms with Gasteiger partial charge in [-0.1, -0.05) is 76.2 Å². The zero-order valence-electron chi connectivity index (χ0n) is 25.1. The summed E-state index contributed by atoms with van der Waals surface area (Å²) in [4.78, 5) is 14.8. The van der Waals surface area contributed by atoms with Gasteiger partial charge in [0.25, 0.3) is 0 Å². The third-order valence-electron chi connectivity index (χ3n) is 7.47. The third kappa shape index (κ3) is 6.18. The summed E-state index contributed by atoms with van der Waals surface area (Å²) in [5.41, 5.74) is 6.79. The first-order valence-electron chi connectivity index (χ1n) is 14.0. The van der Waals surface area contributed by atoms with E-state index < -0.39 is 0 Å². The summed E-state index contributed by atoms with van der Waals surface area (Å²) >= 11 is 1.55. The maximum Gasteiger partial charge on any atom is 2.00 e. The number of hydrogen-bond acceptors (Lipinski definition) is 3. The SMILES string of the molecule is [C-]#[N+]c1cc(Sc2[c-]c3c(cc2)c2cc(C(C)(C)C)ccc2n3-c2cc(C(C)(C)C)ccn2)[c-]c(-c2ccccn2)c1.[Pt+2]. The van der Waals surface area contributed by atoms with E-state index >= 15 is 0 Å². The number of pyridine rings is 2. The molecular formula is C37H32N4PtS.